The third-order valence-corrected chi connectivity index (χ3v) is 4.02. The van der Waals surface area contributed by atoms with Crippen molar-refractivity contribution in [1.29, 1.82) is 0 Å². The van der Waals surface area contributed by atoms with Crippen LogP contribution in [-0.4, -0.2) is 38.0 Å². The summed E-state index contributed by atoms with van der Waals surface area (Å²) in [7, 11) is 1.66. The maximum absolute atomic E-state index is 9.24. The second-order valence-electron chi connectivity index (χ2n) is 6.45. The predicted molar refractivity (Wildman–Crippen MR) is 105 cm³/mol. The zero-order valence-corrected chi connectivity index (χ0v) is 15.9. The topological polar surface area (TPSA) is 62.8 Å². The maximum Gasteiger partial charge on any atom is 0.166 e. The highest BCUT2D eigenvalue weighted by Crippen LogP contribution is 2.31. The highest BCUT2D eigenvalue weighted by atomic mass is 16.5. The Kier molecular flexibility index (Phi) is 8.41. The molecule has 142 valence electrons. The largest absolute Gasteiger partial charge is 0.493 e. The summed E-state index contributed by atoms with van der Waals surface area (Å²) in [6, 6.07) is 14.3. The number of benzene rings is 2. The van der Waals surface area contributed by atoms with Crippen LogP contribution in [0, 0.1) is 6.92 Å². The molecule has 0 amide bonds. The van der Waals surface area contributed by atoms with Crippen LogP contribution >= 0.6 is 0 Å². The van der Waals surface area contributed by atoms with E-state index in [1.807, 2.05) is 18.2 Å². The van der Waals surface area contributed by atoms with Crippen molar-refractivity contribution in [3.05, 3.63) is 59.2 Å². The minimum Gasteiger partial charge on any atom is -0.493 e. The number of ether oxygens (including phenoxy) is 2. The molecule has 26 heavy (non-hydrogen) atoms. The Bertz CT molecular complexity index is 657. The number of aliphatic hydroxyl groups excluding tert-OH is 1. The molecule has 2 rings (SSSR count). The van der Waals surface area contributed by atoms with Crippen LogP contribution in [0.5, 0.6) is 11.5 Å². The summed E-state index contributed by atoms with van der Waals surface area (Å²) in [5, 5.41) is 15.8. The van der Waals surface area contributed by atoms with Crippen LogP contribution in [-0.2, 0) is 13.2 Å². The van der Waals surface area contributed by atoms with Crippen LogP contribution in [0.2, 0.25) is 0 Å². The minimum atomic E-state index is -0.324. The molecule has 0 heterocycles. The molecule has 1 unspecified atom stereocenters. The van der Waals surface area contributed by atoms with Crippen LogP contribution in [0.3, 0.4) is 0 Å². The van der Waals surface area contributed by atoms with Gasteiger partial charge in [0.1, 0.15) is 6.61 Å². The molecule has 0 fully saturated rings. The summed E-state index contributed by atoms with van der Waals surface area (Å²) < 4.78 is 11.6. The van der Waals surface area contributed by atoms with Crippen molar-refractivity contribution >= 4 is 0 Å². The molecule has 0 radical (unpaired) electrons. The van der Waals surface area contributed by atoms with Gasteiger partial charge in [-0.25, -0.2) is 0 Å². The highest BCUT2D eigenvalue weighted by Gasteiger charge is 2.10. The van der Waals surface area contributed by atoms with E-state index in [2.05, 4.69) is 41.8 Å². The molecule has 0 aliphatic heterocycles. The van der Waals surface area contributed by atoms with Gasteiger partial charge in [-0.2, -0.15) is 0 Å². The van der Waals surface area contributed by atoms with Crippen LogP contribution in [0.4, 0.5) is 0 Å². The molecule has 0 saturated carbocycles. The fourth-order valence-corrected chi connectivity index (χ4v) is 2.58. The Morgan fingerprint density at radius 1 is 1.04 bits per heavy atom. The van der Waals surface area contributed by atoms with E-state index in [0.717, 1.165) is 35.7 Å². The molecule has 1 atom stereocenters. The minimum absolute atomic E-state index is 0.324. The molecule has 0 aliphatic rings. The van der Waals surface area contributed by atoms with Crippen LogP contribution < -0.4 is 20.1 Å². The van der Waals surface area contributed by atoms with E-state index >= 15 is 0 Å². The molecule has 0 aliphatic carbocycles. The van der Waals surface area contributed by atoms with Gasteiger partial charge in [0, 0.05) is 31.7 Å². The van der Waals surface area contributed by atoms with E-state index in [9.17, 15) is 5.11 Å². The summed E-state index contributed by atoms with van der Waals surface area (Å²) in [5.74, 6) is 1.52. The number of rotatable bonds is 11. The Hall–Kier alpha value is -2.08. The summed E-state index contributed by atoms with van der Waals surface area (Å²) in [6.45, 7) is 7.25. The first kappa shape index (κ1) is 20.2. The van der Waals surface area contributed by atoms with Gasteiger partial charge in [0.25, 0.3) is 0 Å². The molecular weight excluding hydrogens is 328 g/mol. The smallest absolute Gasteiger partial charge is 0.166 e. The second-order valence-corrected chi connectivity index (χ2v) is 6.45. The lowest BCUT2D eigenvalue weighted by molar-refractivity contribution is 0.191. The molecule has 2 aromatic carbocycles. The van der Waals surface area contributed by atoms with E-state index in [1.165, 1.54) is 5.56 Å². The van der Waals surface area contributed by atoms with E-state index in [0.29, 0.717) is 19.7 Å². The third-order valence-electron chi connectivity index (χ3n) is 4.02. The Balaban J connectivity index is 1.92. The highest BCUT2D eigenvalue weighted by molar-refractivity contribution is 5.46. The molecular formula is C21H30N2O3. The number of hydrogen-bond acceptors (Lipinski definition) is 5. The molecule has 0 saturated heterocycles. The molecule has 5 heteroatoms. The lowest BCUT2D eigenvalue weighted by Crippen LogP contribution is -2.31. The average molecular weight is 358 g/mol. The van der Waals surface area contributed by atoms with Gasteiger partial charge < -0.3 is 25.2 Å². The number of para-hydroxylation sites is 1. The van der Waals surface area contributed by atoms with E-state index < -0.39 is 0 Å². The molecule has 0 aromatic heterocycles. The van der Waals surface area contributed by atoms with Crippen molar-refractivity contribution in [3.63, 3.8) is 0 Å². The van der Waals surface area contributed by atoms with Gasteiger partial charge in [-0.3, -0.25) is 0 Å². The summed E-state index contributed by atoms with van der Waals surface area (Å²) in [5.41, 5.74) is 3.43. The summed E-state index contributed by atoms with van der Waals surface area (Å²) in [4.78, 5) is 0. The average Bonchev–Trinajstić information content (AvgIpc) is 2.64. The zero-order valence-electron chi connectivity index (χ0n) is 15.9. The SMILES string of the molecule is COc1cccc(CNCCNCC(C)O)c1OCc1ccc(C)cc1. The molecule has 3 N–H and O–H groups in total. The Labute approximate surface area is 156 Å². The van der Waals surface area contributed by atoms with Crippen molar-refractivity contribution in [2.24, 2.45) is 0 Å². The van der Waals surface area contributed by atoms with Crippen molar-refractivity contribution in [2.75, 3.05) is 26.7 Å². The molecule has 2 aromatic rings. The summed E-state index contributed by atoms with van der Waals surface area (Å²) >= 11 is 0. The van der Waals surface area contributed by atoms with Gasteiger partial charge in [-0.05, 0) is 25.5 Å². The first-order chi connectivity index (χ1) is 12.6. The number of methoxy groups -OCH3 is 1. The van der Waals surface area contributed by atoms with Crippen LogP contribution in [0.25, 0.3) is 0 Å². The van der Waals surface area contributed by atoms with E-state index in [4.69, 9.17) is 9.47 Å². The normalized spacial score (nSPS) is 12.0. The zero-order chi connectivity index (χ0) is 18.8. The third kappa shape index (κ3) is 6.67. The van der Waals surface area contributed by atoms with Gasteiger partial charge in [-0.1, -0.05) is 42.0 Å². The number of aliphatic hydroxyl groups is 1. The quantitative estimate of drug-likeness (QED) is 0.539. The number of nitrogens with one attached hydrogen (secondary N) is 2. The van der Waals surface area contributed by atoms with Crippen molar-refractivity contribution < 1.29 is 14.6 Å². The molecule has 0 bridgehead atoms. The van der Waals surface area contributed by atoms with E-state index in [-0.39, 0.29) is 6.10 Å². The van der Waals surface area contributed by atoms with Crippen molar-refractivity contribution in [3.8, 4) is 11.5 Å². The Morgan fingerprint density at radius 2 is 1.77 bits per heavy atom. The molecule has 5 nitrogen and oxygen atoms in total. The van der Waals surface area contributed by atoms with Gasteiger partial charge in [0.15, 0.2) is 11.5 Å². The number of hydrogen-bond donors (Lipinski definition) is 3. The summed E-state index contributed by atoms with van der Waals surface area (Å²) in [6.07, 6.45) is -0.324. The first-order valence-electron chi connectivity index (χ1n) is 9.04. The molecule has 0 spiro atoms. The van der Waals surface area contributed by atoms with Gasteiger partial charge in [0.05, 0.1) is 13.2 Å². The fraction of sp³-hybridized carbons (Fsp3) is 0.429. The lowest BCUT2D eigenvalue weighted by Gasteiger charge is -2.16. The van der Waals surface area contributed by atoms with Gasteiger partial charge >= 0.3 is 0 Å². The van der Waals surface area contributed by atoms with Gasteiger partial charge in [0.2, 0.25) is 0 Å². The standard InChI is InChI=1S/C21H30N2O3/c1-16-7-9-18(10-8-16)15-26-21-19(5-4-6-20(21)25-3)14-23-12-11-22-13-17(2)24/h4-10,17,22-24H,11-15H2,1-3H3. The second kappa shape index (κ2) is 10.8. The first-order valence-corrected chi connectivity index (χ1v) is 9.04. The fourth-order valence-electron chi connectivity index (χ4n) is 2.58. The lowest BCUT2D eigenvalue weighted by atomic mass is 10.1. The van der Waals surface area contributed by atoms with Crippen molar-refractivity contribution in [1.82, 2.24) is 10.6 Å². The van der Waals surface area contributed by atoms with Crippen molar-refractivity contribution in [2.45, 2.75) is 33.1 Å². The van der Waals surface area contributed by atoms with E-state index in [1.54, 1.807) is 14.0 Å². The van der Waals surface area contributed by atoms with Gasteiger partial charge in [-0.15, -0.1) is 0 Å². The monoisotopic (exact) mass is 358 g/mol. The number of aryl methyl sites for hydroxylation is 1. The van der Waals surface area contributed by atoms with Crippen LogP contribution in [0.1, 0.15) is 23.6 Å². The maximum atomic E-state index is 9.24. The Morgan fingerprint density at radius 3 is 2.46 bits per heavy atom. The predicted octanol–water partition coefficient (Wildman–Crippen LogP) is 2.64. The van der Waals surface area contributed by atoms with Crippen LogP contribution in [0.15, 0.2) is 42.5 Å².